The lowest BCUT2D eigenvalue weighted by Crippen LogP contribution is -2.01. The van der Waals surface area contributed by atoms with E-state index in [4.69, 9.17) is 22.1 Å². The van der Waals surface area contributed by atoms with Gasteiger partial charge in [-0.15, -0.1) is 0 Å². The molecule has 8 heteroatoms. The smallest absolute Gasteiger partial charge is 0.269 e. The third kappa shape index (κ3) is 2.94. The van der Waals surface area contributed by atoms with Crippen molar-refractivity contribution in [3.05, 3.63) is 32.8 Å². The Balaban J connectivity index is 3.26. The van der Waals surface area contributed by atoms with Gasteiger partial charge in [0.25, 0.3) is 5.69 Å². The molecule has 0 radical (unpaired) electrons. The highest BCUT2D eigenvalue weighted by Gasteiger charge is 2.17. The second-order valence-corrected chi connectivity index (χ2v) is 3.61. The number of nitrogens with one attached hydrogen (secondary N) is 1. The number of nitro benzene ring substituents is 1. The van der Waals surface area contributed by atoms with Crippen molar-refractivity contribution in [2.75, 3.05) is 5.43 Å². The van der Waals surface area contributed by atoms with E-state index in [1.807, 2.05) is 0 Å². The molecule has 0 saturated carbocycles. The molecule has 7 nitrogen and oxygen atoms in total. The Kier molecular flexibility index (Phi) is 4.19. The molecule has 0 fully saturated rings. The van der Waals surface area contributed by atoms with E-state index in [0.717, 1.165) is 6.07 Å². The van der Waals surface area contributed by atoms with E-state index in [1.54, 1.807) is 6.92 Å². The van der Waals surface area contributed by atoms with Gasteiger partial charge in [-0.25, -0.2) is 0 Å². The van der Waals surface area contributed by atoms with Gasteiger partial charge in [0.15, 0.2) is 0 Å². The lowest BCUT2D eigenvalue weighted by molar-refractivity contribution is -0.384. The summed E-state index contributed by atoms with van der Waals surface area (Å²) >= 11 is 5.71. The van der Waals surface area contributed by atoms with Crippen LogP contribution < -0.4 is 5.43 Å². The van der Waals surface area contributed by atoms with Gasteiger partial charge in [-0.1, -0.05) is 11.6 Å². The Bertz CT molecular complexity index is 596. The first-order valence-corrected chi connectivity index (χ1v) is 4.95. The van der Waals surface area contributed by atoms with Crippen LogP contribution in [0.5, 0.6) is 0 Å². The van der Waals surface area contributed by atoms with Crippen LogP contribution in [0.4, 0.5) is 11.4 Å². The molecule has 0 unspecified atom stereocenters. The van der Waals surface area contributed by atoms with Crippen molar-refractivity contribution in [1.29, 1.82) is 10.5 Å². The molecule has 0 saturated heterocycles. The number of nitrogens with zero attached hydrogens (tertiary/aromatic N) is 4. The lowest BCUT2D eigenvalue weighted by Gasteiger charge is -2.06. The maximum Gasteiger partial charge on any atom is 0.295 e. The quantitative estimate of drug-likeness (QED) is 0.510. The van der Waals surface area contributed by atoms with E-state index in [9.17, 15) is 10.1 Å². The number of rotatable bonds is 3. The number of benzene rings is 1. The predicted octanol–water partition coefficient (Wildman–Crippen LogP) is 2.37. The molecule has 0 aliphatic heterocycles. The fourth-order valence-electron chi connectivity index (χ4n) is 1.20. The Morgan fingerprint density at radius 2 is 2.11 bits per heavy atom. The zero-order valence-corrected chi connectivity index (χ0v) is 9.89. The van der Waals surface area contributed by atoms with E-state index in [1.165, 1.54) is 18.2 Å². The van der Waals surface area contributed by atoms with Gasteiger partial charge >= 0.3 is 0 Å². The van der Waals surface area contributed by atoms with E-state index in [2.05, 4.69) is 10.5 Å². The third-order valence-corrected chi connectivity index (χ3v) is 2.19. The van der Waals surface area contributed by atoms with Crippen molar-refractivity contribution in [1.82, 2.24) is 0 Å². The SMILES string of the molecule is Cc1cc(Cl)cc([N+](=O)[O-])c1NN=C(C#N)C#N. The molecular weight excluding hydrogens is 258 g/mol. The Hall–Kier alpha value is -2.64. The van der Waals surface area contributed by atoms with E-state index < -0.39 is 10.6 Å². The summed E-state index contributed by atoms with van der Waals surface area (Å²) in [6.45, 7) is 1.59. The largest absolute Gasteiger partial charge is 0.295 e. The summed E-state index contributed by atoms with van der Waals surface area (Å²) in [7, 11) is 0. The van der Waals surface area contributed by atoms with Gasteiger partial charge in [-0.3, -0.25) is 15.5 Å². The summed E-state index contributed by atoms with van der Waals surface area (Å²) in [6.07, 6.45) is 0. The van der Waals surface area contributed by atoms with Gasteiger partial charge in [0, 0.05) is 11.1 Å². The monoisotopic (exact) mass is 263 g/mol. The number of aryl methyl sites for hydroxylation is 1. The maximum absolute atomic E-state index is 10.8. The molecular formula is C10H6ClN5O2. The Morgan fingerprint density at radius 3 is 2.61 bits per heavy atom. The second kappa shape index (κ2) is 5.62. The second-order valence-electron chi connectivity index (χ2n) is 3.17. The molecule has 1 aromatic rings. The van der Waals surface area contributed by atoms with Crippen LogP contribution in [0.25, 0.3) is 0 Å². The number of hydrazone groups is 1. The highest BCUT2D eigenvalue weighted by molar-refractivity contribution is 6.31. The minimum Gasteiger partial charge on any atom is -0.269 e. The average Bonchev–Trinajstić information content (AvgIpc) is 2.31. The molecule has 1 N–H and O–H groups in total. The minimum absolute atomic E-state index is 0.0902. The highest BCUT2D eigenvalue weighted by Crippen LogP contribution is 2.31. The molecule has 0 bridgehead atoms. The van der Waals surface area contributed by atoms with Crippen molar-refractivity contribution < 1.29 is 4.92 Å². The van der Waals surface area contributed by atoms with E-state index >= 15 is 0 Å². The summed E-state index contributed by atoms with van der Waals surface area (Å²) in [5.41, 5.74) is 2.19. The maximum atomic E-state index is 10.8. The molecule has 0 spiro atoms. The number of hydrogen-bond acceptors (Lipinski definition) is 6. The van der Waals surface area contributed by atoms with Gasteiger partial charge in [0.05, 0.1) is 4.92 Å². The summed E-state index contributed by atoms with van der Waals surface area (Å²) in [6, 6.07) is 5.73. The summed E-state index contributed by atoms with van der Waals surface area (Å²) in [4.78, 5) is 10.2. The molecule has 1 rings (SSSR count). The normalized spacial score (nSPS) is 8.89. The Labute approximate surface area is 107 Å². The van der Waals surface area contributed by atoms with Gasteiger partial charge < -0.3 is 0 Å². The summed E-state index contributed by atoms with van der Waals surface area (Å²) in [5.74, 6) is 0. The van der Waals surface area contributed by atoms with Crippen LogP contribution in [0.1, 0.15) is 5.56 Å². The molecule has 0 amide bonds. The lowest BCUT2D eigenvalue weighted by atomic mass is 10.2. The third-order valence-electron chi connectivity index (χ3n) is 1.97. The Morgan fingerprint density at radius 1 is 1.50 bits per heavy atom. The fourth-order valence-corrected chi connectivity index (χ4v) is 1.47. The van der Waals surface area contributed by atoms with Crippen LogP contribution in [0.2, 0.25) is 5.02 Å². The molecule has 0 aliphatic carbocycles. The molecule has 90 valence electrons. The number of nitriles is 2. The highest BCUT2D eigenvalue weighted by atomic mass is 35.5. The number of hydrogen-bond donors (Lipinski definition) is 1. The van der Waals surface area contributed by atoms with Crippen LogP contribution in [-0.4, -0.2) is 10.6 Å². The van der Waals surface area contributed by atoms with Gasteiger partial charge in [-0.2, -0.15) is 15.6 Å². The van der Waals surface area contributed by atoms with Crippen molar-refractivity contribution in [2.45, 2.75) is 6.92 Å². The first kappa shape index (κ1) is 13.4. The molecule has 1 aromatic carbocycles. The topological polar surface area (TPSA) is 115 Å². The number of anilines is 1. The van der Waals surface area contributed by atoms with Crippen molar-refractivity contribution in [3.8, 4) is 12.1 Å². The van der Waals surface area contributed by atoms with E-state index in [0.29, 0.717) is 5.56 Å². The van der Waals surface area contributed by atoms with Crippen LogP contribution in [0, 0.1) is 39.7 Å². The van der Waals surface area contributed by atoms with Crippen LogP contribution in [-0.2, 0) is 0 Å². The van der Waals surface area contributed by atoms with E-state index in [-0.39, 0.29) is 16.4 Å². The molecule has 0 heterocycles. The summed E-state index contributed by atoms with van der Waals surface area (Å²) < 4.78 is 0. The van der Waals surface area contributed by atoms with Gasteiger partial charge in [0.2, 0.25) is 5.71 Å². The molecule has 0 atom stereocenters. The van der Waals surface area contributed by atoms with Crippen LogP contribution >= 0.6 is 11.6 Å². The standard InChI is InChI=1S/C10H6ClN5O2/c1-6-2-7(11)3-9(16(17)18)10(6)15-14-8(4-12)5-13/h2-3,15H,1H3. The number of nitro groups is 1. The van der Waals surface area contributed by atoms with Crippen LogP contribution in [0.3, 0.4) is 0 Å². The van der Waals surface area contributed by atoms with Crippen molar-refractivity contribution in [2.24, 2.45) is 5.10 Å². The number of halogens is 1. The molecule has 0 aliphatic rings. The molecule has 18 heavy (non-hydrogen) atoms. The van der Waals surface area contributed by atoms with Gasteiger partial charge in [0.1, 0.15) is 17.8 Å². The zero-order valence-electron chi connectivity index (χ0n) is 9.14. The minimum atomic E-state index is -0.630. The van der Waals surface area contributed by atoms with Gasteiger partial charge in [-0.05, 0) is 18.6 Å². The van der Waals surface area contributed by atoms with Crippen LogP contribution in [0.15, 0.2) is 17.2 Å². The fraction of sp³-hybridized carbons (Fsp3) is 0.100. The van der Waals surface area contributed by atoms with Crippen molar-refractivity contribution in [3.63, 3.8) is 0 Å². The first-order valence-electron chi connectivity index (χ1n) is 4.58. The van der Waals surface area contributed by atoms with Crippen molar-refractivity contribution >= 4 is 28.7 Å². The first-order chi connectivity index (χ1) is 8.49. The summed E-state index contributed by atoms with van der Waals surface area (Å²) in [5, 5.41) is 31.5. The molecule has 0 aromatic heterocycles. The zero-order chi connectivity index (χ0) is 13.7. The average molecular weight is 264 g/mol. The predicted molar refractivity (Wildman–Crippen MR) is 65.1 cm³/mol.